The SMILES string of the molecule is CCC(=O)C1=C(c2ccc(F)cc2)CC2CCC1O2. The second-order valence-corrected chi connectivity index (χ2v) is 5.20. The van der Waals surface area contributed by atoms with Crippen LogP contribution in [0.15, 0.2) is 29.8 Å². The average Bonchev–Trinajstić information content (AvgIpc) is 2.80. The van der Waals surface area contributed by atoms with E-state index >= 15 is 0 Å². The van der Waals surface area contributed by atoms with Gasteiger partial charge in [-0.2, -0.15) is 0 Å². The molecule has 19 heavy (non-hydrogen) atoms. The molecule has 2 heterocycles. The van der Waals surface area contributed by atoms with Gasteiger partial charge in [0.15, 0.2) is 5.78 Å². The van der Waals surface area contributed by atoms with E-state index in [-0.39, 0.29) is 23.8 Å². The van der Waals surface area contributed by atoms with Gasteiger partial charge in [0, 0.05) is 12.0 Å². The molecule has 3 rings (SSSR count). The van der Waals surface area contributed by atoms with Crippen molar-refractivity contribution in [2.75, 3.05) is 0 Å². The van der Waals surface area contributed by atoms with Gasteiger partial charge in [-0.3, -0.25) is 4.79 Å². The molecule has 2 aliphatic heterocycles. The molecule has 1 aromatic rings. The first-order valence-electron chi connectivity index (χ1n) is 6.86. The molecule has 0 N–H and O–H groups in total. The summed E-state index contributed by atoms with van der Waals surface area (Å²) in [5.74, 6) is -0.0903. The predicted octanol–water partition coefficient (Wildman–Crippen LogP) is 3.51. The molecule has 0 aliphatic carbocycles. The first kappa shape index (κ1) is 12.5. The van der Waals surface area contributed by atoms with Crippen LogP contribution in [-0.4, -0.2) is 18.0 Å². The minimum Gasteiger partial charge on any atom is -0.370 e. The van der Waals surface area contributed by atoms with Gasteiger partial charge in [0.2, 0.25) is 0 Å². The van der Waals surface area contributed by atoms with Gasteiger partial charge >= 0.3 is 0 Å². The predicted molar refractivity (Wildman–Crippen MR) is 71.1 cm³/mol. The quantitative estimate of drug-likeness (QED) is 0.831. The molecule has 0 radical (unpaired) electrons. The van der Waals surface area contributed by atoms with Crippen LogP contribution in [0.5, 0.6) is 0 Å². The number of rotatable bonds is 3. The third-order valence-corrected chi connectivity index (χ3v) is 4.00. The molecule has 0 aromatic heterocycles. The van der Waals surface area contributed by atoms with Crippen LogP contribution in [-0.2, 0) is 9.53 Å². The third-order valence-electron chi connectivity index (χ3n) is 4.00. The lowest BCUT2D eigenvalue weighted by molar-refractivity contribution is -0.116. The molecule has 2 unspecified atom stereocenters. The van der Waals surface area contributed by atoms with Gasteiger partial charge in [-0.1, -0.05) is 19.1 Å². The molecule has 0 amide bonds. The van der Waals surface area contributed by atoms with E-state index in [2.05, 4.69) is 0 Å². The molecule has 0 spiro atoms. The Balaban J connectivity index is 2.07. The molecule has 2 nitrogen and oxygen atoms in total. The van der Waals surface area contributed by atoms with Crippen molar-refractivity contribution in [3.8, 4) is 0 Å². The summed E-state index contributed by atoms with van der Waals surface area (Å²) in [6.07, 6.45) is 3.37. The van der Waals surface area contributed by atoms with E-state index in [1.54, 1.807) is 12.1 Å². The largest absolute Gasteiger partial charge is 0.370 e. The van der Waals surface area contributed by atoms with E-state index in [0.717, 1.165) is 36.0 Å². The highest BCUT2D eigenvalue weighted by atomic mass is 19.1. The first-order valence-corrected chi connectivity index (χ1v) is 6.86. The van der Waals surface area contributed by atoms with Crippen molar-refractivity contribution in [1.29, 1.82) is 0 Å². The van der Waals surface area contributed by atoms with E-state index in [4.69, 9.17) is 4.74 Å². The molecule has 0 saturated carbocycles. The molecule has 2 aliphatic rings. The topological polar surface area (TPSA) is 26.3 Å². The summed E-state index contributed by atoms with van der Waals surface area (Å²) in [7, 11) is 0. The summed E-state index contributed by atoms with van der Waals surface area (Å²) in [5.41, 5.74) is 2.84. The molecule has 3 heteroatoms. The highest BCUT2D eigenvalue weighted by Crippen LogP contribution is 2.41. The third kappa shape index (κ3) is 2.23. The van der Waals surface area contributed by atoms with Gasteiger partial charge in [-0.15, -0.1) is 0 Å². The Morgan fingerprint density at radius 3 is 2.74 bits per heavy atom. The Morgan fingerprint density at radius 2 is 2.05 bits per heavy atom. The van der Waals surface area contributed by atoms with Crippen LogP contribution in [0.25, 0.3) is 5.57 Å². The Bertz CT molecular complexity index is 530. The number of hydrogen-bond donors (Lipinski definition) is 0. The second-order valence-electron chi connectivity index (χ2n) is 5.20. The highest BCUT2D eigenvalue weighted by molar-refractivity contribution is 6.04. The minimum absolute atomic E-state index is 0.0498. The summed E-state index contributed by atoms with van der Waals surface area (Å²) in [5, 5.41) is 0. The number of carbonyl (C=O) groups excluding carboxylic acids is 1. The molecule has 1 aromatic carbocycles. The van der Waals surface area contributed by atoms with Crippen LogP contribution >= 0.6 is 0 Å². The van der Waals surface area contributed by atoms with E-state index in [0.29, 0.717) is 6.42 Å². The van der Waals surface area contributed by atoms with Crippen LogP contribution in [0, 0.1) is 5.82 Å². The standard InChI is InChI=1S/C16H17FO2/c1-2-14(18)16-13(9-12-7-8-15(16)19-12)10-3-5-11(17)6-4-10/h3-6,12,15H,2,7-9H2,1H3. The molecule has 100 valence electrons. The zero-order chi connectivity index (χ0) is 13.4. The lowest BCUT2D eigenvalue weighted by Gasteiger charge is -2.26. The molecule has 2 atom stereocenters. The number of ketones is 1. The number of halogens is 1. The van der Waals surface area contributed by atoms with Crippen molar-refractivity contribution >= 4 is 11.4 Å². The minimum atomic E-state index is -0.247. The van der Waals surface area contributed by atoms with E-state index in [9.17, 15) is 9.18 Å². The zero-order valence-corrected chi connectivity index (χ0v) is 11.0. The smallest absolute Gasteiger partial charge is 0.161 e. The summed E-state index contributed by atoms with van der Waals surface area (Å²) < 4.78 is 18.9. The first-order chi connectivity index (χ1) is 9.19. The fourth-order valence-electron chi connectivity index (χ4n) is 3.06. The van der Waals surface area contributed by atoms with Gasteiger partial charge in [-0.05, 0) is 42.5 Å². The van der Waals surface area contributed by atoms with Crippen LogP contribution in [0.3, 0.4) is 0 Å². The van der Waals surface area contributed by atoms with Crippen molar-refractivity contribution in [3.05, 3.63) is 41.2 Å². The number of fused-ring (bicyclic) bond motifs is 2. The van der Waals surface area contributed by atoms with Crippen molar-refractivity contribution in [1.82, 2.24) is 0 Å². The van der Waals surface area contributed by atoms with Crippen LogP contribution in [0.4, 0.5) is 4.39 Å². The van der Waals surface area contributed by atoms with Crippen LogP contribution in [0.2, 0.25) is 0 Å². The number of carbonyl (C=O) groups is 1. The summed E-state index contributed by atoms with van der Waals surface area (Å²) >= 11 is 0. The highest BCUT2D eigenvalue weighted by Gasteiger charge is 2.38. The monoisotopic (exact) mass is 260 g/mol. The normalized spacial score (nSPS) is 25.8. The number of Topliss-reactive ketones (excluding diaryl/α,β-unsaturated/α-hetero) is 1. The maximum atomic E-state index is 13.0. The second kappa shape index (κ2) is 4.89. The van der Waals surface area contributed by atoms with Gasteiger partial charge in [-0.25, -0.2) is 4.39 Å². The molecular formula is C16H17FO2. The Kier molecular flexibility index (Phi) is 3.23. The summed E-state index contributed by atoms with van der Waals surface area (Å²) in [6.45, 7) is 1.87. The maximum Gasteiger partial charge on any atom is 0.161 e. The molecule has 1 fully saturated rings. The Morgan fingerprint density at radius 1 is 1.32 bits per heavy atom. The maximum absolute atomic E-state index is 13.0. The van der Waals surface area contributed by atoms with Gasteiger partial charge in [0.25, 0.3) is 0 Å². The van der Waals surface area contributed by atoms with Gasteiger partial charge in [0.1, 0.15) is 5.82 Å². The van der Waals surface area contributed by atoms with Crippen molar-refractivity contribution < 1.29 is 13.9 Å². The Labute approximate surface area is 112 Å². The number of benzene rings is 1. The van der Waals surface area contributed by atoms with E-state index in [1.165, 1.54) is 12.1 Å². The van der Waals surface area contributed by atoms with Crippen molar-refractivity contribution in [2.45, 2.75) is 44.8 Å². The van der Waals surface area contributed by atoms with Gasteiger partial charge < -0.3 is 4.74 Å². The summed E-state index contributed by atoms with van der Waals surface area (Å²) in [6, 6.07) is 6.43. The average molecular weight is 260 g/mol. The fraction of sp³-hybridized carbons (Fsp3) is 0.438. The lowest BCUT2D eigenvalue weighted by atomic mass is 9.89. The molecule has 2 bridgehead atoms. The number of ether oxygens (including phenoxy) is 1. The molecular weight excluding hydrogens is 243 g/mol. The van der Waals surface area contributed by atoms with Crippen molar-refractivity contribution in [2.24, 2.45) is 0 Å². The van der Waals surface area contributed by atoms with Gasteiger partial charge in [0.05, 0.1) is 12.2 Å². The van der Waals surface area contributed by atoms with Crippen LogP contribution < -0.4 is 0 Å². The zero-order valence-electron chi connectivity index (χ0n) is 11.0. The van der Waals surface area contributed by atoms with Crippen LogP contribution in [0.1, 0.15) is 38.2 Å². The van der Waals surface area contributed by atoms with Crippen molar-refractivity contribution in [3.63, 3.8) is 0 Å². The number of hydrogen-bond acceptors (Lipinski definition) is 2. The fourth-order valence-corrected chi connectivity index (χ4v) is 3.06. The molecule has 1 saturated heterocycles. The summed E-state index contributed by atoms with van der Waals surface area (Å²) in [4.78, 5) is 12.2. The Hall–Kier alpha value is -1.48. The van der Waals surface area contributed by atoms with E-state index in [1.807, 2.05) is 6.92 Å². The van der Waals surface area contributed by atoms with E-state index < -0.39 is 0 Å². The lowest BCUT2D eigenvalue weighted by Crippen LogP contribution is -2.25.